The maximum atomic E-state index is 12.6. The van der Waals surface area contributed by atoms with Gasteiger partial charge in [0.15, 0.2) is 0 Å². The van der Waals surface area contributed by atoms with Crippen molar-refractivity contribution in [2.24, 2.45) is 0 Å². The van der Waals surface area contributed by atoms with E-state index in [9.17, 15) is 9.59 Å². The molecular formula is C21H27N3O4. The minimum absolute atomic E-state index is 0.119. The molecular weight excluding hydrogens is 358 g/mol. The van der Waals surface area contributed by atoms with Crippen LogP contribution in [0.1, 0.15) is 34.1 Å². The molecule has 2 aromatic rings. The highest BCUT2D eigenvalue weighted by atomic mass is 16.6. The lowest BCUT2D eigenvalue weighted by Gasteiger charge is -2.24. The van der Waals surface area contributed by atoms with Crippen LogP contribution in [0.25, 0.3) is 10.9 Å². The molecule has 0 saturated carbocycles. The summed E-state index contributed by atoms with van der Waals surface area (Å²) in [5.74, 6) is 0.404. The summed E-state index contributed by atoms with van der Waals surface area (Å²) in [6.45, 7) is 8.04. The lowest BCUT2D eigenvalue weighted by molar-refractivity contribution is -0.132. The van der Waals surface area contributed by atoms with E-state index in [1.165, 1.54) is 0 Å². The molecule has 0 aliphatic carbocycles. The van der Waals surface area contributed by atoms with Crippen molar-refractivity contribution in [3.05, 3.63) is 36.4 Å². The van der Waals surface area contributed by atoms with Crippen LogP contribution in [0.5, 0.6) is 5.88 Å². The summed E-state index contributed by atoms with van der Waals surface area (Å²) in [6.07, 6.45) is 0.00594. The minimum Gasteiger partial charge on any atom is -0.472 e. The maximum absolute atomic E-state index is 12.6. The van der Waals surface area contributed by atoms with Gasteiger partial charge >= 0.3 is 6.09 Å². The molecule has 1 aromatic heterocycles. The summed E-state index contributed by atoms with van der Waals surface area (Å²) in [6, 6.07) is 11.0. The molecule has 0 spiro atoms. The van der Waals surface area contributed by atoms with E-state index >= 15 is 0 Å². The molecule has 1 aromatic carbocycles. The maximum Gasteiger partial charge on any atom is 0.408 e. The molecule has 1 aliphatic heterocycles. The third-order valence-electron chi connectivity index (χ3n) is 4.42. The van der Waals surface area contributed by atoms with Gasteiger partial charge in [0.2, 0.25) is 11.8 Å². The summed E-state index contributed by atoms with van der Waals surface area (Å²) in [4.78, 5) is 30.7. The van der Waals surface area contributed by atoms with Gasteiger partial charge in [-0.1, -0.05) is 18.2 Å². The topological polar surface area (TPSA) is 80.8 Å². The summed E-state index contributed by atoms with van der Waals surface area (Å²) >= 11 is 0. The van der Waals surface area contributed by atoms with Crippen LogP contribution in [0.2, 0.25) is 0 Å². The molecule has 2 unspecified atom stereocenters. The van der Waals surface area contributed by atoms with Gasteiger partial charge in [-0.25, -0.2) is 9.78 Å². The zero-order valence-corrected chi connectivity index (χ0v) is 16.8. The molecule has 2 atom stereocenters. The molecule has 28 heavy (non-hydrogen) atoms. The zero-order chi connectivity index (χ0) is 20.3. The molecule has 0 bridgehead atoms. The Morgan fingerprint density at radius 2 is 1.96 bits per heavy atom. The van der Waals surface area contributed by atoms with E-state index in [0.29, 0.717) is 19.0 Å². The number of nitrogens with zero attached hydrogens (tertiary/aromatic N) is 2. The van der Waals surface area contributed by atoms with Gasteiger partial charge in [0.25, 0.3) is 0 Å². The summed E-state index contributed by atoms with van der Waals surface area (Å²) in [5, 5.41) is 3.65. The number of para-hydroxylation sites is 1. The smallest absolute Gasteiger partial charge is 0.408 e. The number of carbonyl (C=O) groups is 2. The quantitative estimate of drug-likeness (QED) is 0.875. The molecule has 7 nitrogen and oxygen atoms in total. The number of ether oxygens (including phenoxy) is 2. The molecule has 0 radical (unpaired) electrons. The Hall–Kier alpha value is -2.83. The van der Waals surface area contributed by atoms with Crippen molar-refractivity contribution >= 4 is 22.9 Å². The van der Waals surface area contributed by atoms with Crippen molar-refractivity contribution < 1.29 is 19.1 Å². The van der Waals surface area contributed by atoms with E-state index in [4.69, 9.17) is 9.47 Å². The van der Waals surface area contributed by atoms with Gasteiger partial charge in [0.05, 0.1) is 12.1 Å². The first kappa shape index (κ1) is 19.9. The molecule has 1 saturated heterocycles. The monoisotopic (exact) mass is 385 g/mol. The number of amides is 2. The van der Waals surface area contributed by atoms with Crippen LogP contribution in [-0.2, 0) is 9.53 Å². The average molecular weight is 385 g/mol. The molecule has 150 valence electrons. The van der Waals surface area contributed by atoms with Crippen LogP contribution in [0.4, 0.5) is 4.79 Å². The van der Waals surface area contributed by atoms with Crippen molar-refractivity contribution in [1.82, 2.24) is 15.2 Å². The lowest BCUT2D eigenvalue weighted by atomic mass is 10.2. The predicted octanol–water partition coefficient (Wildman–Crippen LogP) is 3.13. The summed E-state index contributed by atoms with van der Waals surface area (Å²) in [7, 11) is 0. The standard InChI is InChI=1S/C21H27N3O4/c1-14(22-20(26)28-21(2,3)4)19(25)24-12-11-16(13-24)27-18-10-9-15-7-5-6-8-17(15)23-18/h5-10,14,16H,11-13H2,1-4H3,(H,22,26). The summed E-state index contributed by atoms with van der Waals surface area (Å²) in [5.41, 5.74) is 0.271. The van der Waals surface area contributed by atoms with Gasteiger partial charge in [-0.2, -0.15) is 0 Å². The molecule has 1 aliphatic rings. The molecule has 3 rings (SSSR count). The molecule has 1 fully saturated rings. The van der Waals surface area contributed by atoms with Crippen molar-refractivity contribution in [1.29, 1.82) is 0 Å². The lowest BCUT2D eigenvalue weighted by Crippen LogP contribution is -2.47. The minimum atomic E-state index is -0.660. The Kier molecular flexibility index (Phi) is 5.72. The second-order valence-electron chi connectivity index (χ2n) is 8.02. The predicted molar refractivity (Wildman–Crippen MR) is 106 cm³/mol. The zero-order valence-electron chi connectivity index (χ0n) is 16.8. The molecule has 7 heteroatoms. The van der Waals surface area contributed by atoms with Gasteiger partial charge in [0.1, 0.15) is 17.7 Å². The number of aromatic nitrogens is 1. The van der Waals surface area contributed by atoms with E-state index in [2.05, 4.69) is 10.3 Å². The Bertz CT molecular complexity index is 862. The van der Waals surface area contributed by atoms with Crippen LogP contribution >= 0.6 is 0 Å². The average Bonchev–Trinajstić information content (AvgIpc) is 3.07. The second kappa shape index (κ2) is 8.04. The Balaban J connectivity index is 1.53. The normalized spacial score (nSPS) is 18.0. The Labute approximate surface area is 165 Å². The Morgan fingerprint density at radius 3 is 2.71 bits per heavy atom. The van der Waals surface area contributed by atoms with Crippen LogP contribution in [0, 0.1) is 0 Å². The number of carbonyl (C=O) groups excluding carboxylic acids is 2. The van der Waals surface area contributed by atoms with Gasteiger partial charge < -0.3 is 19.7 Å². The van der Waals surface area contributed by atoms with Crippen molar-refractivity contribution in [3.8, 4) is 5.88 Å². The van der Waals surface area contributed by atoms with Crippen LogP contribution < -0.4 is 10.1 Å². The Morgan fingerprint density at radius 1 is 1.21 bits per heavy atom. The SMILES string of the molecule is CC(NC(=O)OC(C)(C)C)C(=O)N1CCC(Oc2ccc3ccccc3n2)C1. The number of benzene rings is 1. The van der Waals surface area contributed by atoms with Gasteiger partial charge in [0, 0.05) is 24.4 Å². The van der Waals surface area contributed by atoms with Crippen molar-refractivity contribution in [2.45, 2.75) is 51.9 Å². The first-order chi connectivity index (χ1) is 13.2. The molecule has 1 N–H and O–H groups in total. The van der Waals surface area contributed by atoms with E-state index in [1.807, 2.05) is 36.4 Å². The number of fused-ring (bicyclic) bond motifs is 1. The molecule has 2 heterocycles. The van der Waals surface area contributed by atoms with Gasteiger partial charge in [-0.15, -0.1) is 0 Å². The first-order valence-corrected chi connectivity index (χ1v) is 9.52. The largest absolute Gasteiger partial charge is 0.472 e. The highest BCUT2D eigenvalue weighted by Gasteiger charge is 2.31. The number of nitrogens with one attached hydrogen (secondary N) is 1. The van der Waals surface area contributed by atoms with Gasteiger partial charge in [-0.05, 0) is 39.8 Å². The van der Waals surface area contributed by atoms with E-state index < -0.39 is 17.7 Å². The third-order valence-corrected chi connectivity index (χ3v) is 4.42. The van der Waals surface area contributed by atoms with E-state index in [-0.39, 0.29) is 12.0 Å². The molecule has 2 amide bonds. The highest BCUT2D eigenvalue weighted by Crippen LogP contribution is 2.20. The summed E-state index contributed by atoms with van der Waals surface area (Å²) < 4.78 is 11.2. The number of hydrogen-bond acceptors (Lipinski definition) is 5. The number of pyridine rings is 1. The fourth-order valence-corrected chi connectivity index (χ4v) is 3.13. The van der Waals surface area contributed by atoms with Crippen LogP contribution in [0.15, 0.2) is 36.4 Å². The highest BCUT2D eigenvalue weighted by molar-refractivity contribution is 5.85. The first-order valence-electron chi connectivity index (χ1n) is 9.52. The number of hydrogen-bond donors (Lipinski definition) is 1. The fourth-order valence-electron chi connectivity index (χ4n) is 3.13. The third kappa shape index (κ3) is 5.12. The fraction of sp³-hybridized carbons (Fsp3) is 0.476. The van der Waals surface area contributed by atoms with Crippen LogP contribution in [0.3, 0.4) is 0 Å². The second-order valence-corrected chi connectivity index (χ2v) is 8.02. The van der Waals surface area contributed by atoms with Crippen molar-refractivity contribution in [3.63, 3.8) is 0 Å². The van der Waals surface area contributed by atoms with E-state index in [1.54, 1.807) is 32.6 Å². The number of rotatable bonds is 4. The van der Waals surface area contributed by atoms with Gasteiger partial charge in [-0.3, -0.25) is 4.79 Å². The number of alkyl carbamates (subject to hydrolysis) is 1. The number of likely N-dealkylation sites (tertiary alicyclic amines) is 1. The van der Waals surface area contributed by atoms with E-state index in [0.717, 1.165) is 17.3 Å². The van der Waals surface area contributed by atoms with Crippen LogP contribution in [-0.4, -0.2) is 52.7 Å². The van der Waals surface area contributed by atoms with Crippen molar-refractivity contribution in [2.75, 3.05) is 13.1 Å².